The summed E-state index contributed by atoms with van der Waals surface area (Å²) in [6.45, 7) is 1.54. The van der Waals surface area contributed by atoms with E-state index in [4.69, 9.17) is 14.2 Å². The molecule has 0 saturated heterocycles. The van der Waals surface area contributed by atoms with Gasteiger partial charge in [-0.2, -0.15) is 5.10 Å². The van der Waals surface area contributed by atoms with Crippen molar-refractivity contribution in [2.24, 2.45) is 7.05 Å². The normalized spacial score (nSPS) is 16.9. The first kappa shape index (κ1) is 28.3. The highest BCUT2D eigenvalue weighted by molar-refractivity contribution is 7.92. The number of methoxy groups -OCH3 is 2. The Hall–Kier alpha value is -4.19. The van der Waals surface area contributed by atoms with Crippen molar-refractivity contribution in [1.82, 2.24) is 19.7 Å². The summed E-state index contributed by atoms with van der Waals surface area (Å²) < 4.78 is 63.7. The molecule has 5 rings (SSSR count). The van der Waals surface area contributed by atoms with Gasteiger partial charge in [-0.15, -0.1) is 0 Å². The zero-order valence-electron chi connectivity index (χ0n) is 23.3. The summed E-state index contributed by atoms with van der Waals surface area (Å²) in [6, 6.07) is 10.9. The third kappa shape index (κ3) is 5.69. The van der Waals surface area contributed by atoms with Crippen LogP contribution in [0.15, 0.2) is 66.1 Å². The first-order chi connectivity index (χ1) is 19.7. The summed E-state index contributed by atoms with van der Waals surface area (Å²) in [6.07, 6.45) is 6.95. The van der Waals surface area contributed by atoms with Crippen LogP contribution in [0, 0.1) is 12.7 Å². The number of rotatable bonds is 10. The highest BCUT2D eigenvalue weighted by Crippen LogP contribution is 2.39. The van der Waals surface area contributed by atoms with E-state index < -0.39 is 20.7 Å². The number of hydrogen-bond donors (Lipinski definition) is 0. The molecule has 1 aliphatic rings. The van der Waals surface area contributed by atoms with E-state index in [0.717, 1.165) is 35.3 Å². The Morgan fingerprint density at radius 3 is 2.56 bits per heavy atom. The molecule has 2 aromatic carbocycles. The molecular formula is C29H32FN5O5S. The molecule has 1 saturated carbocycles. The average Bonchev–Trinajstić information content (AvgIpc) is 3.61. The molecule has 0 amide bonds. The van der Waals surface area contributed by atoms with Crippen molar-refractivity contribution in [1.29, 1.82) is 0 Å². The van der Waals surface area contributed by atoms with Gasteiger partial charge in [0.1, 0.15) is 46.2 Å². The van der Waals surface area contributed by atoms with E-state index in [9.17, 15) is 8.42 Å². The van der Waals surface area contributed by atoms with Crippen molar-refractivity contribution < 1.29 is 27.0 Å². The number of nitrogens with zero attached hydrogens (tertiary/aromatic N) is 5. The van der Waals surface area contributed by atoms with Crippen molar-refractivity contribution in [3.8, 4) is 17.2 Å². The van der Waals surface area contributed by atoms with E-state index in [-0.39, 0.29) is 24.4 Å². The molecule has 0 radical (unpaired) electrons. The molecule has 2 aromatic heterocycles. The number of anilines is 1. The SMILES string of the molecule is COc1ccc(CN(c2ccncn2)S(=O)(=O)c2cc(C)c(O[C@H]3CCC[C@@H]3c3ccnn3C)cc2F)c(OC)c1. The van der Waals surface area contributed by atoms with Crippen molar-refractivity contribution in [2.45, 2.75) is 49.6 Å². The van der Waals surface area contributed by atoms with Gasteiger partial charge >= 0.3 is 0 Å². The Morgan fingerprint density at radius 2 is 1.88 bits per heavy atom. The van der Waals surface area contributed by atoms with Gasteiger partial charge in [0.05, 0.1) is 20.8 Å². The van der Waals surface area contributed by atoms with Crippen LogP contribution in [0.2, 0.25) is 0 Å². The maximum atomic E-state index is 15.7. The van der Waals surface area contributed by atoms with Gasteiger partial charge in [-0.1, -0.05) is 0 Å². The molecule has 0 N–H and O–H groups in total. The van der Waals surface area contributed by atoms with Gasteiger partial charge in [0, 0.05) is 54.8 Å². The van der Waals surface area contributed by atoms with Crippen LogP contribution in [0.25, 0.3) is 0 Å². The third-order valence-electron chi connectivity index (χ3n) is 7.40. The number of sulfonamides is 1. The van der Waals surface area contributed by atoms with Crippen LogP contribution in [0.3, 0.4) is 0 Å². The summed E-state index contributed by atoms with van der Waals surface area (Å²) in [5.74, 6) is 0.555. The molecule has 41 heavy (non-hydrogen) atoms. The predicted molar refractivity (Wildman–Crippen MR) is 150 cm³/mol. The standard InChI is InChI=1S/C29H32FN5O5S/c1-19-14-28(23(30)16-26(19)40-25-7-5-6-22(25)24-10-13-33-34(24)2)41(36,37)35(29-11-12-31-18-32-29)17-20-8-9-21(38-3)15-27(20)39-4/h8-16,18,22,25H,5-7,17H2,1-4H3/t22-,25+/m1/s1. The highest BCUT2D eigenvalue weighted by Gasteiger charge is 2.34. The number of aromatic nitrogens is 4. The number of benzene rings is 2. The largest absolute Gasteiger partial charge is 0.497 e. The lowest BCUT2D eigenvalue weighted by atomic mass is 10.0. The van der Waals surface area contributed by atoms with Gasteiger partial charge in [0.15, 0.2) is 0 Å². The number of hydrogen-bond acceptors (Lipinski definition) is 8. The van der Waals surface area contributed by atoms with E-state index in [2.05, 4.69) is 15.1 Å². The third-order valence-corrected chi connectivity index (χ3v) is 9.16. The van der Waals surface area contributed by atoms with Gasteiger partial charge in [-0.25, -0.2) is 27.1 Å². The fraction of sp³-hybridized carbons (Fsp3) is 0.345. The Bertz CT molecular complexity index is 1630. The monoisotopic (exact) mass is 581 g/mol. The van der Waals surface area contributed by atoms with Crippen LogP contribution >= 0.6 is 0 Å². The Kier molecular flexibility index (Phi) is 8.11. The van der Waals surface area contributed by atoms with Crippen molar-refractivity contribution in [3.05, 3.63) is 83.8 Å². The second-order valence-corrected chi connectivity index (χ2v) is 11.7. The van der Waals surface area contributed by atoms with Crippen LogP contribution < -0.4 is 18.5 Å². The fourth-order valence-corrected chi connectivity index (χ4v) is 6.79. The molecule has 0 unspecified atom stereocenters. The first-order valence-corrected chi connectivity index (χ1v) is 14.6. The van der Waals surface area contributed by atoms with E-state index >= 15 is 4.39 Å². The molecule has 0 bridgehead atoms. The summed E-state index contributed by atoms with van der Waals surface area (Å²) in [5, 5.41) is 4.27. The minimum absolute atomic E-state index is 0.0835. The Balaban J connectivity index is 1.48. The molecule has 0 spiro atoms. The molecule has 0 aliphatic heterocycles. The smallest absolute Gasteiger partial charge is 0.268 e. The fourth-order valence-electron chi connectivity index (χ4n) is 5.25. The molecule has 1 aliphatic carbocycles. The van der Waals surface area contributed by atoms with Gasteiger partial charge in [-0.3, -0.25) is 4.68 Å². The second kappa shape index (κ2) is 11.7. The average molecular weight is 582 g/mol. The van der Waals surface area contributed by atoms with E-state index in [1.165, 1.54) is 38.9 Å². The second-order valence-electron chi connectivity index (χ2n) is 9.88. The molecule has 2 heterocycles. The van der Waals surface area contributed by atoms with Crippen LogP contribution in [0.5, 0.6) is 17.2 Å². The molecule has 4 aromatic rings. The lowest BCUT2D eigenvalue weighted by Gasteiger charge is -2.26. The lowest BCUT2D eigenvalue weighted by molar-refractivity contribution is 0.185. The van der Waals surface area contributed by atoms with Crippen LogP contribution in [-0.2, 0) is 23.6 Å². The topological polar surface area (TPSA) is 109 Å². The zero-order chi connectivity index (χ0) is 29.1. The van der Waals surface area contributed by atoms with E-state index in [1.807, 2.05) is 17.8 Å². The Morgan fingerprint density at radius 1 is 1.05 bits per heavy atom. The number of ether oxygens (including phenoxy) is 3. The molecular weight excluding hydrogens is 549 g/mol. The predicted octanol–water partition coefficient (Wildman–Crippen LogP) is 4.79. The van der Waals surface area contributed by atoms with Crippen molar-refractivity contribution in [3.63, 3.8) is 0 Å². The highest BCUT2D eigenvalue weighted by atomic mass is 32.2. The van der Waals surface area contributed by atoms with Gasteiger partial charge in [-0.05, 0) is 56.0 Å². The number of aryl methyl sites for hydroxylation is 2. The zero-order valence-corrected chi connectivity index (χ0v) is 24.1. The van der Waals surface area contributed by atoms with Crippen molar-refractivity contribution >= 4 is 15.8 Å². The summed E-state index contributed by atoms with van der Waals surface area (Å²) >= 11 is 0. The molecule has 12 heteroatoms. The van der Waals surface area contributed by atoms with E-state index in [1.54, 1.807) is 31.3 Å². The van der Waals surface area contributed by atoms with Crippen LogP contribution in [-0.4, -0.2) is 48.5 Å². The van der Waals surface area contributed by atoms with E-state index in [0.29, 0.717) is 28.4 Å². The Labute approximate surface area is 238 Å². The minimum Gasteiger partial charge on any atom is -0.497 e. The lowest BCUT2D eigenvalue weighted by Crippen LogP contribution is -2.32. The first-order valence-electron chi connectivity index (χ1n) is 13.2. The summed E-state index contributed by atoms with van der Waals surface area (Å²) in [7, 11) is 0.464. The molecule has 216 valence electrons. The maximum Gasteiger partial charge on any atom is 0.268 e. The minimum atomic E-state index is -4.43. The van der Waals surface area contributed by atoms with Crippen LogP contribution in [0.1, 0.15) is 42.0 Å². The summed E-state index contributed by atoms with van der Waals surface area (Å²) in [4.78, 5) is 7.56. The molecule has 10 nitrogen and oxygen atoms in total. The van der Waals surface area contributed by atoms with Gasteiger partial charge < -0.3 is 14.2 Å². The quantitative estimate of drug-likeness (QED) is 0.263. The molecule has 2 atom stereocenters. The molecule has 1 fully saturated rings. The maximum absolute atomic E-state index is 15.7. The summed E-state index contributed by atoms with van der Waals surface area (Å²) in [5.41, 5.74) is 2.10. The number of halogens is 1. The van der Waals surface area contributed by atoms with Gasteiger partial charge in [0.2, 0.25) is 0 Å². The van der Waals surface area contributed by atoms with Crippen molar-refractivity contribution in [2.75, 3.05) is 18.5 Å². The van der Waals surface area contributed by atoms with Crippen LogP contribution in [0.4, 0.5) is 10.2 Å². The van der Waals surface area contributed by atoms with Gasteiger partial charge in [0.25, 0.3) is 10.0 Å².